The molecule has 0 fully saturated rings. The molecule has 0 unspecified atom stereocenters. The third-order valence-electron chi connectivity index (χ3n) is 1.68. The second-order valence-electron chi connectivity index (χ2n) is 3.33. The van der Waals surface area contributed by atoms with Crippen LogP contribution in [0, 0.1) is 5.92 Å². The van der Waals surface area contributed by atoms with Crippen molar-refractivity contribution >= 4 is 0 Å². The van der Waals surface area contributed by atoms with Gasteiger partial charge in [0.2, 0.25) is 0 Å². The maximum Gasteiger partial charge on any atom is 0.0906 e. The summed E-state index contributed by atoms with van der Waals surface area (Å²) in [5.41, 5.74) is 0. The van der Waals surface area contributed by atoms with Crippen molar-refractivity contribution in [3.05, 3.63) is 0 Å². The summed E-state index contributed by atoms with van der Waals surface area (Å²) in [5.74, 6) is 0.689. The number of nitrogens with zero attached hydrogens (tertiary/aromatic N) is 1. The summed E-state index contributed by atoms with van der Waals surface area (Å²) in [5, 5.41) is 0. The minimum atomic E-state index is -0.186. The molecule has 0 N–H and O–H groups in total. The topological polar surface area (TPSA) is 3.24 Å². The second kappa shape index (κ2) is 6.59. The van der Waals surface area contributed by atoms with E-state index in [2.05, 4.69) is 25.7 Å². The number of halogens is 1. The maximum atomic E-state index is 11.8. The van der Waals surface area contributed by atoms with Crippen molar-refractivity contribution in [1.82, 2.24) is 4.90 Å². The van der Waals surface area contributed by atoms with E-state index in [0.717, 1.165) is 19.6 Å². The molecule has 2 heteroatoms. The Morgan fingerprint density at radius 1 is 1.36 bits per heavy atom. The van der Waals surface area contributed by atoms with Gasteiger partial charge < -0.3 is 4.90 Å². The Morgan fingerprint density at radius 3 is 2.36 bits per heavy atom. The average molecular weight is 161 g/mol. The SMILES string of the molecule is CCN(CCCF)CC(C)C. The van der Waals surface area contributed by atoms with Crippen LogP contribution in [0.15, 0.2) is 0 Å². The molecule has 0 rings (SSSR count). The van der Waals surface area contributed by atoms with E-state index in [1.165, 1.54) is 0 Å². The van der Waals surface area contributed by atoms with Gasteiger partial charge in [-0.15, -0.1) is 0 Å². The molecule has 0 aromatic rings. The van der Waals surface area contributed by atoms with Gasteiger partial charge in [0.1, 0.15) is 0 Å². The quantitative estimate of drug-likeness (QED) is 0.578. The van der Waals surface area contributed by atoms with Crippen LogP contribution in [0.4, 0.5) is 4.39 Å². The van der Waals surface area contributed by atoms with Gasteiger partial charge in [0.15, 0.2) is 0 Å². The van der Waals surface area contributed by atoms with Crippen LogP contribution in [0.3, 0.4) is 0 Å². The summed E-state index contributed by atoms with van der Waals surface area (Å²) in [4.78, 5) is 2.30. The van der Waals surface area contributed by atoms with E-state index in [1.807, 2.05) is 0 Å². The minimum absolute atomic E-state index is 0.186. The van der Waals surface area contributed by atoms with Crippen LogP contribution in [0.5, 0.6) is 0 Å². The fourth-order valence-electron chi connectivity index (χ4n) is 1.18. The van der Waals surface area contributed by atoms with Crippen molar-refractivity contribution in [2.75, 3.05) is 26.3 Å². The standard InChI is InChI=1S/C9H20FN/c1-4-11(7-5-6-10)8-9(2)3/h9H,4-8H2,1-3H3. The van der Waals surface area contributed by atoms with Crippen molar-refractivity contribution in [3.8, 4) is 0 Å². The minimum Gasteiger partial charge on any atom is -0.303 e. The molecule has 0 aromatic carbocycles. The zero-order valence-electron chi connectivity index (χ0n) is 7.94. The average Bonchev–Trinajstić information content (AvgIpc) is 1.97. The Bertz CT molecular complexity index is 83.6. The molecule has 0 heterocycles. The Labute approximate surface area is 69.6 Å². The summed E-state index contributed by atoms with van der Waals surface area (Å²) >= 11 is 0. The first kappa shape index (κ1) is 10.9. The van der Waals surface area contributed by atoms with Gasteiger partial charge in [-0.3, -0.25) is 4.39 Å². The fourth-order valence-corrected chi connectivity index (χ4v) is 1.18. The van der Waals surface area contributed by atoms with Gasteiger partial charge in [-0.25, -0.2) is 0 Å². The van der Waals surface area contributed by atoms with E-state index in [0.29, 0.717) is 12.3 Å². The molecule has 0 saturated heterocycles. The molecule has 11 heavy (non-hydrogen) atoms. The molecule has 0 atom stereocenters. The third-order valence-corrected chi connectivity index (χ3v) is 1.68. The van der Waals surface area contributed by atoms with E-state index in [-0.39, 0.29) is 6.67 Å². The van der Waals surface area contributed by atoms with E-state index < -0.39 is 0 Å². The highest BCUT2D eigenvalue weighted by Gasteiger charge is 2.03. The lowest BCUT2D eigenvalue weighted by Gasteiger charge is -2.21. The van der Waals surface area contributed by atoms with E-state index in [9.17, 15) is 4.39 Å². The lowest BCUT2D eigenvalue weighted by Crippen LogP contribution is -2.28. The van der Waals surface area contributed by atoms with Gasteiger partial charge in [-0.2, -0.15) is 0 Å². The molecule has 0 amide bonds. The highest BCUT2D eigenvalue weighted by atomic mass is 19.1. The molecule has 0 aromatic heterocycles. The van der Waals surface area contributed by atoms with Gasteiger partial charge in [0.05, 0.1) is 6.67 Å². The molecule has 0 aliphatic rings. The molecular weight excluding hydrogens is 141 g/mol. The maximum absolute atomic E-state index is 11.8. The zero-order valence-corrected chi connectivity index (χ0v) is 7.94. The van der Waals surface area contributed by atoms with Gasteiger partial charge in [-0.1, -0.05) is 20.8 Å². The second-order valence-corrected chi connectivity index (χ2v) is 3.33. The number of hydrogen-bond acceptors (Lipinski definition) is 1. The van der Waals surface area contributed by atoms with Crippen LogP contribution in [0.25, 0.3) is 0 Å². The molecular formula is C9H20FN. The zero-order chi connectivity index (χ0) is 8.69. The molecule has 0 spiro atoms. The molecule has 0 bridgehead atoms. The van der Waals surface area contributed by atoms with Crippen LogP contribution in [0.2, 0.25) is 0 Å². The number of rotatable bonds is 6. The molecule has 0 saturated carbocycles. The first-order chi connectivity index (χ1) is 5.20. The Balaban J connectivity index is 3.41. The summed E-state index contributed by atoms with van der Waals surface area (Å²) in [6.07, 6.45) is 0.681. The smallest absolute Gasteiger partial charge is 0.0906 e. The van der Waals surface area contributed by atoms with Gasteiger partial charge in [0.25, 0.3) is 0 Å². The molecule has 0 aliphatic carbocycles. The molecule has 68 valence electrons. The van der Waals surface area contributed by atoms with Gasteiger partial charge >= 0.3 is 0 Å². The van der Waals surface area contributed by atoms with Crippen molar-refractivity contribution in [1.29, 1.82) is 0 Å². The first-order valence-corrected chi connectivity index (χ1v) is 4.49. The predicted octanol–water partition coefficient (Wildman–Crippen LogP) is 2.32. The largest absolute Gasteiger partial charge is 0.303 e. The monoisotopic (exact) mass is 161 g/mol. The summed E-state index contributed by atoms with van der Waals surface area (Å²) < 4.78 is 11.8. The van der Waals surface area contributed by atoms with Crippen molar-refractivity contribution in [3.63, 3.8) is 0 Å². The summed E-state index contributed by atoms with van der Waals surface area (Å²) in [6, 6.07) is 0. The Morgan fingerprint density at radius 2 is 2.00 bits per heavy atom. The normalized spacial score (nSPS) is 11.5. The summed E-state index contributed by atoms with van der Waals surface area (Å²) in [7, 11) is 0. The van der Waals surface area contributed by atoms with E-state index >= 15 is 0 Å². The lowest BCUT2D eigenvalue weighted by atomic mass is 10.2. The highest BCUT2D eigenvalue weighted by molar-refractivity contribution is 4.57. The van der Waals surface area contributed by atoms with Gasteiger partial charge in [0, 0.05) is 13.1 Å². The summed E-state index contributed by atoms with van der Waals surface area (Å²) in [6.45, 7) is 9.37. The molecule has 0 radical (unpaired) electrons. The molecule has 1 nitrogen and oxygen atoms in total. The van der Waals surface area contributed by atoms with E-state index in [1.54, 1.807) is 0 Å². The Hall–Kier alpha value is -0.110. The highest BCUT2D eigenvalue weighted by Crippen LogP contribution is 1.99. The number of hydrogen-bond donors (Lipinski definition) is 0. The van der Waals surface area contributed by atoms with Crippen molar-refractivity contribution < 1.29 is 4.39 Å². The van der Waals surface area contributed by atoms with Crippen LogP contribution >= 0.6 is 0 Å². The Kier molecular flexibility index (Phi) is 6.52. The van der Waals surface area contributed by atoms with Crippen LogP contribution in [0.1, 0.15) is 27.2 Å². The first-order valence-electron chi connectivity index (χ1n) is 4.49. The van der Waals surface area contributed by atoms with Crippen molar-refractivity contribution in [2.24, 2.45) is 5.92 Å². The van der Waals surface area contributed by atoms with Crippen molar-refractivity contribution in [2.45, 2.75) is 27.2 Å². The van der Waals surface area contributed by atoms with Crippen LogP contribution in [-0.2, 0) is 0 Å². The third kappa shape index (κ3) is 6.29. The lowest BCUT2D eigenvalue weighted by molar-refractivity contribution is 0.244. The fraction of sp³-hybridized carbons (Fsp3) is 1.00. The van der Waals surface area contributed by atoms with E-state index in [4.69, 9.17) is 0 Å². The van der Waals surface area contributed by atoms with Crippen LogP contribution in [-0.4, -0.2) is 31.2 Å². The van der Waals surface area contributed by atoms with Crippen LogP contribution < -0.4 is 0 Å². The number of alkyl halides is 1. The predicted molar refractivity (Wildman–Crippen MR) is 47.5 cm³/mol. The molecule has 0 aliphatic heterocycles. The van der Waals surface area contributed by atoms with Gasteiger partial charge in [-0.05, 0) is 18.9 Å².